The Labute approximate surface area is 96.3 Å². The third-order valence-corrected chi connectivity index (χ3v) is 2.69. The average molecular weight is 333 g/mol. The van der Waals surface area contributed by atoms with Gasteiger partial charge in [0.15, 0.2) is 0 Å². The lowest BCUT2D eigenvalue weighted by Crippen LogP contribution is -1.95. The summed E-state index contributed by atoms with van der Waals surface area (Å²) in [6.45, 7) is 0. The molecule has 0 aliphatic heterocycles. The fraction of sp³-hybridized carbons (Fsp3) is 0.143. The molecule has 0 spiro atoms. The van der Waals surface area contributed by atoms with Gasteiger partial charge in [0.2, 0.25) is 0 Å². The number of alkyl halides is 2. The number of hydrogen-bond donors (Lipinski definition) is 0. The minimum atomic E-state index is -2.81. The molecule has 0 bridgehead atoms. The standard InChI is InChI=1S/C7H3ClF2INO2/c8-4-2-5(11)6(12(13)14)1-3(4)7(9)10/h1-2,7H. The van der Waals surface area contributed by atoms with Crippen molar-refractivity contribution in [1.29, 1.82) is 0 Å². The molecule has 7 heteroatoms. The minimum Gasteiger partial charge on any atom is -0.258 e. The summed E-state index contributed by atoms with van der Waals surface area (Å²) in [5.74, 6) is 0. The van der Waals surface area contributed by atoms with Gasteiger partial charge in [-0.15, -0.1) is 0 Å². The molecule has 0 radical (unpaired) electrons. The van der Waals surface area contributed by atoms with Gasteiger partial charge in [0.05, 0.1) is 13.5 Å². The molecule has 14 heavy (non-hydrogen) atoms. The molecule has 0 aliphatic rings. The molecule has 0 fully saturated rings. The molecule has 1 rings (SSSR count). The van der Waals surface area contributed by atoms with E-state index in [1.165, 1.54) is 0 Å². The first-order chi connectivity index (χ1) is 6.43. The van der Waals surface area contributed by atoms with Crippen LogP contribution in [0.5, 0.6) is 0 Å². The Balaban J connectivity index is 3.34. The number of nitro benzene ring substituents is 1. The van der Waals surface area contributed by atoms with Gasteiger partial charge in [-0.2, -0.15) is 0 Å². The third kappa shape index (κ3) is 2.30. The SMILES string of the molecule is O=[N+]([O-])c1cc(C(F)F)c(Cl)cc1I. The van der Waals surface area contributed by atoms with Crippen LogP contribution in [0.25, 0.3) is 0 Å². The van der Waals surface area contributed by atoms with E-state index in [0.717, 1.165) is 12.1 Å². The molecular formula is C7H3ClF2INO2. The second-order valence-corrected chi connectivity index (χ2v) is 3.95. The average Bonchev–Trinajstić information content (AvgIpc) is 2.02. The first-order valence-electron chi connectivity index (χ1n) is 3.35. The van der Waals surface area contributed by atoms with Crippen molar-refractivity contribution in [2.45, 2.75) is 6.43 Å². The van der Waals surface area contributed by atoms with Crippen molar-refractivity contribution in [1.82, 2.24) is 0 Å². The first-order valence-corrected chi connectivity index (χ1v) is 4.80. The van der Waals surface area contributed by atoms with Gasteiger partial charge in [-0.05, 0) is 28.7 Å². The summed E-state index contributed by atoms with van der Waals surface area (Å²) in [5, 5.41) is 10.3. The molecule has 0 saturated heterocycles. The van der Waals surface area contributed by atoms with Crippen molar-refractivity contribution in [2.24, 2.45) is 0 Å². The summed E-state index contributed by atoms with van der Waals surface area (Å²) in [5.41, 5.74) is -0.871. The summed E-state index contributed by atoms with van der Waals surface area (Å²) in [7, 11) is 0. The molecule has 0 aromatic heterocycles. The van der Waals surface area contributed by atoms with Crippen LogP contribution < -0.4 is 0 Å². The molecule has 1 aromatic carbocycles. The number of rotatable bonds is 2. The van der Waals surface area contributed by atoms with Crippen molar-refractivity contribution >= 4 is 39.9 Å². The summed E-state index contributed by atoms with van der Waals surface area (Å²) in [4.78, 5) is 9.70. The maximum atomic E-state index is 12.3. The topological polar surface area (TPSA) is 43.1 Å². The van der Waals surface area contributed by atoms with Crippen LogP contribution in [-0.4, -0.2) is 4.92 Å². The van der Waals surface area contributed by atoms with E-state index in [2.05, 4.69) is 0 Å². The van der Waals surface area contributed by atoms with Crippen LogP contribution in [0.2, 0.25) is 5.02 Å². The summed E-state index contributed by atoms with van der Waals surface area (Å²) in [6, 6.07) is 1.95. The molecule has 0 saturated carbocycles. The Morgan fingerprint density at radius 3 is 2.50 bits per heavy atom. The van der Waals surface area contributed by atoms with E-state index in [9.17, 15) is 18.9 Å². The Bertz CT molecular complexity index is 386. The normalized spacial score (nSPS) is 10.6. The zero-order chi connectivity index (χ0) is 10.9. The zero-order valence-electron chi connectivity index (χ0n) is 6.51. The van der Waals surface area contributed by atoms with Crippen LogP contribution >= 0.6 is 34.2 Å². The second kappa shape index (κ2) is 4.35. The minimum absolute atomic E-state index is 0.157. The van der Waals surface area contributed by atoms with Crippen LogP contribution in [0.4, 0.5) is 14.5 Å². The molecule has 3 nitrogen and oxygen atoms in total. The van der Waals surface area contributed by atoms with E-state index in [4.69, 9.17) is 11.6 Å². The van der Waals surface area contributed by atoms with E-state index in [1.807, 2.05) is 0 Å². The highest BCUT2D eigenvalue weighted by Crippen LogP contribution is 2.33. The van der Waals surface area contributed by atoms with Crippen LogP contribution in [0, 0.1) is 13.7 Å². The molecule has 0 unspecified atom stereocenters. The highest BCUT2D eigenvalue weighted by Gasteiger charge is 2.20. The fourth-order valence-corrected chi connectivity index (χ4v) is 1.96. The predicted molar refractivity (Wildman–Crippen MR) is 55.8 cm³/mol. The van der Waals surface area contributed by atoms with Gasteiger partial charge in [-0.25, -0.2) is 8.78 Å². The molecule has 0 amide bonds. The number of nitro groups is 1. The lowest BCUT2D eigenvalue weighted by atomic mass is 10.2. The second-order valence-electron chi connectivity index (χ2n) is 2.38. The lowest BCUT2D eigenvalue weighted by molar-refractivity contribution is -0.385. The Kier molecular flexibility index (Phi) is 3.59. The van der Waals surface area contributed by atoms with Gasteiger partial charge in [0, 0.05) is 11.6 Å². The number of halogens is 4. The lowest BCUT2D eigenvalue weighted by Gasteiger charge is -2.03. The van der Waals surface area contributed by atoms with Crippen LogP contribution in [0.3, 0.4) is 0 Å². The largest absolute Gasteiger partial charge is 0.283 e. The molecule has 76 valence electrons. The van der Waals surface area contributed by atoms with E-state index >= 15 is 0 Å². The van der Waals surface area contributed by atoms with E-state index in [-0.39, 0.29) is 14.3 Å². The van der Waals surface area contributed by atoms with Gasteiger partial charge in [-0.1, -0.05) is 11.6 Å². The van der Waals surface area contributed by atoms with Crippen molar-refractivity contribution < 1.29 is 13.7 Å². The molecule has 0 atom stereocenters. The number of nitrogens with zero attached hydrogens (tertiary/aromatic N) is 1. The quantitative estimate of drug-likeness (QED) is 0.469. The third-order valence-electron chi connectivity index (χ3n) is 1.50. The summed E-state index contributed by atoms with van der Waals surface area (Å²) < 4.78 is 24.8. The van der Waals surface area contributed by atoms with Gasteiger partial charge in [0.25, 0.3) is 12.1 Å². The maximum Gasteiger partial charge on any atom is 0.283 e. The van der Waals surface area contributed by atoms with E-state index < -0.39 is 16.9 Å². The molecule has 1 aromatic rings. The Hall–Kier alpha value is -0.500. The van der Waals surface area contributed by atoms with Crippen molar-refractivity contribution in [2.75, 3.05) is 0 Å². The van der Waals surface area contributed by atoms with Gasteiger partial charge in [0.1, 0.15) is 0 Å². The summed E-state index contributed by atoms with van der Waals surface area (Å²) >= 11 is 7.16. The Morgan fingerprint density at radius 2 is 2.07 bits per heavy atom. The van der Waals surface area contributed by atoms with Crippen molar-refractivity contribution in [3.05, 3.63) is 36.4 Å². The number of benzene rings is 1. The highest BCUT2D eigenvalue weighted by molar-refractivity contribution is 14.1. The molecule has 0 N–H and O–H groups in total. The molecule has 0 aliphatic carbocycles. The first kappa shape index (κ1) is 11.6. The number of hydrogen-bond acceptors (Lipinski definition) is 2. The van der Waals surface area contributed by atoms with Crippen LogP contribution in [-0.2, 0) is 0 Å². The van der Waals surface area contributed by atoms with Crippen molar-refractivity contribution in [3.8, 4) is 0 Å². The highest BCUT2D eigenvalue weighted by atomic mass is 127. The Morgan fingerprint density at radius 1 is 1.50 bits per heavy atom. The fourth-order valence-electron chi connectivity index (χ4n) is 0.861. The van der Waals surface area contributed by atoms with Gasteiger partial charge >= 0.3 is 0 Å². The van der Waals surface area contributed by atoms with Gasteiger partial charge in [-0.3, -0.25) is 10.1 Å². The molecular weight excluding hydrogens is 330 g/mol. The zero-order valence-corrected chi connectivity index (χ0v) is 9.42. The van der Waals surface area contributed by atoms with E-state index in [1.54, 1.807) is 22.6 Å². The smallest absolute Gasteiger partial charge is 0.258 e. The monoisotopic (exact) mass is 333 g/mol. The predicted octanol–water partition coefficient (Wildman–Crippen LogP) is 3.79. The van der Waals surface area contributed by atoms with Crippen LogP contribution in [0.15, 0.2) is 12.1 Å². The molecule has 0 heterocycles. The van der Waals surface area contributed by atoms with Gasteiger partial charge < -0.3 is 0 Å². The van der Waals surface area contributed by atoms with Crippen molar-refractivity contribution in [3.63, 3.8) is 0 Å². The summed E-state index contributed by atoms with van der Waals surface area (Å²) in [6.07, 6.45) is -2.81. The van der Waals surface area contributed by atoms with Crippen LogP contribution in [0.1, 0.15) is 12.0 Å². The maximum absolute atomic E-state index is 12.3. The van der Waals surface area contributed by atoms with E-state index in [0.29, 0.717) is 0 Å².